The van der Waals surface area contributed by atoms with E-state index in [1.54, 1.807) is 11.1 Å². The van der Waals surface area contributed by atoms with E-state index in [1.807, 2.05) is 0 Å². The summed E-state index contributed by atoms with van der Waals surface area (Å²) in [5.74, 6) is 0. The van der Waals surface area contributed by atoms with E-state index in [9.17, 15) is 0 Å². The van der Waals surface area contributed by atoms with Gasteiger partial charge < -0.3 is 0 Å². The van der Waals surface area contributed by atoms with Crippen LogP contribution in [0.2, 0.25) is 0 Å². The molecule has 68 valence electrons. The second kappa shape index (κ2) is 2.00. The van der Waals surface area contributed by atoms with E-state index in [4.69, 9.17) is 0 Å². The summed E-state index contributed by atoms with van der Waals surface area (Å²) in [4.78, 5) is 0. The molecule has 0 saturated heterocycles. The summed E-state index contributed by atoms with van der Waals surface area (Å²) in [6, 6.07) is 9.04. The highest BCUT2D eigenvalue weighted by molar-refractivity contribution is 5.48. The average molecular weight is 172 g/mol. The Bertz CT molecular complexity index is 333. The van der Waals surface area contributed by atoms with E-state index in [2.05, 4.69) is 38.1 Å². The monoisotopic (exact) mass is 172 g/mol. The molecule has 1 aromatic carbocycles. The first-order valence-corrected chi connectivity index (χ1v) is 5.24. The molecule has 0 N–H and O–H groups in total. The van der Waals surface area contributed by atoms with Crippen molar-refractivity contribution in [1.29, 1.82) is 0 Å². The molecule has 2 aliphatic rings. The Balaban J connectivity index is 2.24. The van der Waals surface area contributed by atoms with Gasteiger partial charge in [-0.05, 0) is 41.2 Å². The van der Waals surface area contributed by atoms with Crippen LogP contribution in [0.5, 0.6) is 0 Å². The Labute approximate surface area is 80.0 Å². The van der Waals surface area contributed by atoms with Gasteiger partial charge in [0, 0.05) is 0 Å². The summed E-state index contributed by atoms with van der Waals surface area (Å²) >= 11 is 0. The maximum atomic E-state index is 2.39. The van der Waals surface area contributed by atoms with Crippen LogP contribution >= 0.6 is 0 Å². The maximum Gasteiger partial charge on any atom is -0.00351 e. The van der Waals surface area contributed by atoms with Gasteiger partial charge in [0.2, 0.25) is 0 Å². The fourth-order valence-electron chi connectivity index (χ4n) is 3.17. The van der Waals surface area contributed by atoms with Gasteiger partial charge in [-0.25, -0.2) is 0 Å². The number of benzene rings is 1. The van der Waals surface area contributed by atoms with Gasteiger partial charge in [-0.3, -0.25) is 0 Å². The molecule has 0 bridgehead atoms. The largest absolute Gasteiger partial charge is 0.0620 e. The predicted molar refractivity (Wildman–Crippen MR) is 55.0 cm³/mol. The molecule has 0 aromatic heterocycles. The van der Waals surface area contributed by atoms with Crippen LogP contribution in [0.25, 0.3) is 0 Å². The Morgan fingerprint density at radius 2 is 1.62 bits per heavy atom. The van der Waals surface area contributed by atoms with Gasteiger partial charge >= 0.3 is 0 Å². The average Bonchev–Trinajstić information content (AvgIpc) is 2.80. The van der Waals surface area contributed by atoms with E-state index in [0.29, 0.717) is 10.8 Å². The van der Waals surface area contributed by atoms with Gasteiger partial charge in [0.05, 0.1) is 0 Å². The lowest BCUT2D eigenvalue weighted by atomic mass is 9.86. The molecule has 0 radical (unpaired) electrons. The van der Waals surface area contributed by atoms with Gasteiger partial charge in [0.25, 0.3) is 0 Å². The van der Waals surface area contributed by atoms with Crippen LogP contribution < -0.4 is 0 Å². The Morgan fingerprint density at radius 3 is 2.23 bits per heavy atom. The molecular formula is C13H16. The lowest BCUT2D eigenvalue weighted by Crippen LogP contribution is -2.13. The molecule has 0 heterocycles. The SMILES string of the molecule is CC1(C)CC2(CC2)c2ccccc21. The van der Waals surface area contributed by atoms with E-state index >= 15 is 0 Å². The van der Waals surface area contributed by atoms with Gasteiger partial charge in [-0.15, -0.1) is 0 Å². The van der Waals surface area contributed by atoms with E-state index in [1.165, 1.54) is 19.3 Å². The highest BCUT2D eigenvalue weighted by Gasteiger charge is 2.54. The van der Waals surface area contributed by atoms with Crippen molar-refractivity contribution in [3.63, 3.8) is 0 Å². The van der Waals surface area contributed by atoms with Crippen LogP contribution in [-0.2, 0) is 10.8 Å². The maximum absolute atomic E-state index is 2.39. The highest BCUT2D eigenvalue weighted by Crippen LogP contribution is 2.62. The van der Waals surface area contributed by atoms with E-state index in [-0.39, 0.29) is 0 Å². The van der Waals surface area contributed by atoms with Gasteiger partial charge in [-0.1, -0.05) is 38.1 Å². The van der Waals surface area contributed by atoms with Crippen LogP contribution in [0.1, 0.15) is 44.2 Å². The Hall–Kier alpha value is -0.780. The molecular weight excluding hydrogens is 156 g/mol. The predicted octanol–water partition coefficient (Wildman–Crippen LogP) is 3.40. The quantitative estimate of drug-likeness (QED) is 0.562. The van der Waals surface area contributed by atoms with Gasteiger partial charge in [-0.2, -0.15) is 0 Å². The van der Waals surface area contributed by atoms with Crippen molar-refractivity contribution < 1.29 is 0 Å². The molecule has 13 heavy (non-hydrogen) atoms. The molecule has 0 heteroatoms. The number of hydrogen-bond acceptors (Lipinski definition) is 0. The minimum atomic E-state index is 0.424. The molecule has 1 spiro atoms. The van der Waals surface area contributed by atoms with Gasteiger partial charge in [0.15, 0.2) is 0 Å². The van der Waals surface area contributed by atoms with Gasteiger partial charge in [0.1, 0.15) is 0 Å². The first kappa shape index (κ1) is 7.61. The lowest BCUT2D eigenvalue weighted by Gasteiger charge is -2.18. The summed E-state index contributed by atoms with van der Waals surface area (Å²) in [5, 5.41) is 0. The Kier molecular flexibility index (Phi) is 1.17. The molecule has 0 amide bonds. The first-order chi connectivity index (χ1) is 6.14. The molecule has 0 atom stereocenters. The van der Waals surface area contributed by atoms with E-state index < -0.39 is 0 Å². The molecule has 0 unspecified atom stereocenters. The van der Waals surface area contributed by atoms with Crippen molar-refractivity contribution in [2.45, 2.75) is 43.9 Å². The third-order valence-electron chi connectivity index (χ3n) is 3.86. The minimum absolute atomic E-state index is 0.424. The van der Waals surface area contributed by atoms with Crippen molar-refractivity contribution in [2.75, 3.05) is 0 Å². The zero-order valence-corrected chi connectivity index (χ0v) is 8.43. The minimum Gasteiger partial charge on any atom is -0.0620 e. The number of hydrogen-bond donors (Lipinski definition) is 0. The fourth-order valence-corrected chi connectivity index (χ4v) is 3.17. The van der Waals surface area contributed by atoms with Crippen LogP contribution in [0, 0.1) is 0 Å². The second-order valence-corrected chi connectivity index (χ2v) is 5.39. The highest BCUT2D eigenvalue weighted by atomic mass is 14.6. The molecule has 0 nitrogen and oxygen atoms in total. The van der Waals surface area contributed by atoms with Crippen LogP contribution in [0.15, 0.2) is 24.3 Å². The number of rotatable bonds is 0. The normalized spacial score (nSPS) is 26.0. The summed E-state index contributed by atoms with van der Waals surface area (Å²) in [5.41, 5.74) is 4.29. The smallest absolute Gasteiger partial charge is 0.00351 e. The van der Waals surface area contributed by atoms with Crippen molar-refractivity contribution in [3.05, 3.63) is 35.4 Å². The summed E-state index contributed by atoms with van der Waals surface area (Å²) < 4.78 is 0. The molecule has 0 aliphatic heterocycles. The Morgan fingerprint density at radius 1 is 1.00 bits per heavy atom. The standard InChI is InChI=1S/C13H16/c1-12(2)9-13(7-8-13)11-6-4-3-5-10(11)12/h3-6H,7-9H2,1-2H3. The topological polar surface area (TPSA) is 0 Å². The van der Waals surface area contributed by atoms with Crippen molar-refractivity contribution in [1.82, 2.24) is 0 Å². The fraction of sp³-hybridized carbons (Fsp3) is 0.538. The number of fused-ring (bicyclic) bond motifs is 2. The van der Waals surface area contributed by atoms with Crippen molar-refractivity contribution in [3.8, 4) is 0 Å². The van der Waals surface area contributed by atoms with E-state index in [0.717, 1.165) is 0 Å². The molecule has 1 aromatic rings. The van der Waals surface area contributed by atoms with Crippen LogP contribution in [-0.4, -0.2) is 0 Å². The molecule has 1 fully saturated rings. The lowest BCUT2D eigenvalue weighted by molar-refractivity contribution is 0.466. The van der Waals surface area contributed by atoms with Crippen LogP contribution in [0.4, 0.5) is 0 Å². The van der Waals surface area contributed by atoms with Crippen LogP contribution in [0.3, 0.4) is 0 Å². The molecule has 1 saturated carbocycles. The summed E-state index contributed by atoms with van der Waals surface area (Å²) in [6.07, 6.45) is 4.22. The zero-order valence-electron chi connectivity index (χ0n) is 8.43. The molecule has 3 rings (SSSR count). The zero-order chi connectivity index (χ0) is 9.10. The third kappa shape index (κ3) is 0.864. The first-order valence-electron chi connectivity index (χ1n) is 5.24. The van der Waals surface area contributed by atoms with Crippen molar-refractivity contribution >= 4 is 0 Å². The van der Waals surface area contributed by atoms with Crippen molar-refractivity contribution in [2.24, 2.45) is 0 Å². The molecule has 2 aliphatic carbocycles. The third-order valence-corrected chi connectivity index (χ3v) is 3.86. The second-order valence-electron chi connectivity index (χ2n) is 5.39. The summed E-state index contributed by atoms with van der Waals surface area (Å²) in [7, 11) is 0. The summed E-state index contributed by atoms with van der Waals surface area (Å²) in [6.45, 7) is 4.78.